The van der Waals surface area contributed by atoms with Gasteiger partial charge in [-0.05, 0) is 18.9 Å². The maximum absolute atomic E-state index is 4.15. The molecule has 1 aliphatic heterocycles. The fraction of sp³-hybridized carbons (Fsp3) is 0.200. The minimum atomic E-state index is 0.960. The van der Waals surface area contributed by atoms with Gasteiger partial charge in [0.05, 0.1) is 0 Å². The number of hydrogen-bond donors (Lipinski definition) is 0. The van der Waals surface area contributed by atoms with Crippen molar-refractivity contribution in [2.24, 2.45) is 9.98 Å². The van der Waals surface area contributed by atoms with Crippen LogP contribution in [0.2, 0.25) is 0 Å². The maximum atomic E-state index is 4.15. The van der Waals surface area contributed by atoms with Crippen LogP contribution in [-0.2, 0) is 0 Å². The minimum absolute atomic E-state index is 0.960. The standard InChI is InChI=1S/C10H12N2/c1-2-3-4-6-10-7-5-8-11-9-12-10/h2-4,6,8-9H,1,5,7H2/b4-3-,10-6+. The Morgan fingerprint density at radius 2 is 2.33 bits per heavy atom. The van der Waals surface area contributed by atoms with Crippen LogP contribution < -0.4 is 0 Å². The van der Waals surface area contributed by atoms with E-state index < -0.39 is 0 Å². The van der Waals surface area contributed by atoms with Gasteiger partial charge in [0.2, 0.25) is 0 Å². The second-order valence-electron chi connectivity index (χ2n) is 2.39. The lowest BCUT2D eigenvalue weighted by Crippen LogP contribution is -1.77. The van der Waals surface area contributed by atoms with Gasteiger partial charge in [-0.15, -0.1) is 0 Å². The van der Waals surface area contributed by atoms with Crippen molar-refractivity contribution in [2.45, 2.75) is 12.8 Å². The first kappa shape index (κ1) is 8.65. The van der Waals surface area contributed by atoms with Crippen molar-refractivity contribution >= 4 is 12.6 Å². The maximum Gasteiger partial charge on any atom is 0.115 e. The fourth-order valence-corrected chi connectivity index (χ4v) is 0.878. The lowest BCUT2D eigenvalue weighted by atomic mass is 10.2. The van der Waals surface area contributed by atoms with Crippen LogP contribution in [0.5, 0.6) is 0 Å². The molecule has 0 amide bonds. The first-order chi connectivity index (χ1) is 5.93. The van der Waals surface area contributed by atoms with E-state index in [1.807, 2.05) is 24.4 Å². The van der Waals surface area contributed by atoms with E-state index in [2.05, 4.69) is 16.6 Å². The van der Waals surface area contributed by atoms with E-state index in [9.17, 15) is 0 Å². The van der Waals surface area contributed by atoms with Crippen LogP contribution in [0.25, 0.3) is 0 Å². The molecule has 1 rings (SSSR count). The second-order valence-corrected chi connectivity index (χ2v) is 2.39. The van der Waals surface area contributed by atoms with Crippen molar-refractivity contribution in [2.75, 3.05) is 0 Å². The molecule has 1 aliphatic rings. The summed E-state index contributed by atoms with van der Waals surface area (Å²) in [7, 11) is 0. The molecule has 0 radical (unpaired) electrons. The van der Waals surface area contributed by atoms with Gasteiger partial charge in [0.15, 0.2) is 0 Å². The molecule has 0 unspecified atom stereocenters. The van der Waals surface area contributed by atoms with Crippen LogP contribution in [0.3, 0.4) is 0 Å². The van der Waals surface area contributed by atoms with Crippen molar-refractivity contribution in [3.8, 4) is 0 Å². The SMILES string of the molecule is C=C/C=C\C=C1/CCC=NC=N1. The summed E-state index contributed by atoms with van der Waals surface area (Å²) in [5, 5.41) is 0. The molecule has 0 N–H and O–H groups in total. The Balaban J connectivity index is 2.56. The number of hydrogen-bond acceptors (Lipinski definition) is 2. The molecule has 12 heavy (non-hydrogen) atoms. The van der Waals surface area contributed by atoms with Crippen molar-refractivity contribution in [1.29, 1.82) is 0 Å². The molecule has 0 saturated carbocycles. The third-order valence-electron chi connectivity index (χ3n) is 1.46. The van der Waals surface area contributed by atoms with Gasteiger partial charge in [0.1, 0.15) is 6.34 Å². The summed E-state index contributed by atoms with van der Waals surface area (Å²) in [4.78, 5) is 8.10. The van der Waals surface area contributed by atoms with Crippen LogP contribution >= 0.6 is 0 Å². The van der Waals surface area contributed by atoms with Gasteiger partial charge in [0, 0.05) is 11.9 Å². The highest BCUT2D eigenvalue weighted by molar-refractivity contribution is 5.74. The molecule has 1 heterocycles. The summed E-state index contributed by atoms with van der Waals surface area (Å²) in [5.41, 5.74) is 1.06. The molecular weight excluding hydrogens is 148 g/mol. The van der Waals surface area contributed by atoms with Gasteiger partial charge >= 0.3 is 0 Å². The molecule has 2 nitrogen and oxygen atoms in total. The third kappa shape index (κ3) is 3.10. The topological polar surface area (TPSA) is 24.7 Å². The van der Waals surface area contributed by atoms with Crippen molar-refractivity contribution in [3.63, 3.8) is 0 Å². The van der Waals surface area contributed by atoms with E-state index in [0.29, 0.717) is 0 Å². The molecule has 0 aliphatic carbocycles. The Labute approximate surface area is 72.7 Å². The average molecular weight is 160 g/mol. The number of rotatable bonds is 2. The largest absolute Gasteiger partial charge is 0.249 e. The highest BCUT2D eigenvalue weighted by Crippen LogP contribution is 2.07. The highest BCUT2D eigenvalue weighted by atomic mass is 14.9. The Morgan fingerprint density at radius 1 is 1.42 bits per heavy atom. The van der Waals surface area contributed by atoms with E-state index in [4.69, 9.17) is 0 Å². The first-order valence-electron chi connectivity index (χ1n) is 3.96. The van der Waals surface area contributed by atoms with Crippen molar-refractivity contribution in [1.82, 2.24) is 0 Å². The molecular formula is C10H12N2. The molecule has 0 bridgehead atoms. The van der Waals surface area contributed by atoms with E-state index in [0.717, 1.165) is 18.5 Å². The van der Waals surface area contributed by atoms with Gasteiger partial charge in [0.25, 0.3) is 0 Å². The van der Waals surface area contributed by atoms with Crippen LogP contribution in [0.4, 0.5) is 0 Å². The Morgan fingerprint density at radius 3 is 3.17 bits per heavy atom. The van der Waals surface area contributed by atoms with E-state index in [1.54, 1.807) is 12.4 Å². The summed E-state index contributed by atoms with van der Waals surface area (Å²) < 4.78 is 0. The Kier molecular flexibility index (Phi) is 3.78. The number of aliphatic imine (C=N–C) groups is 2. The summed E-state index contributed by atoms with van der Waals surface area (Å²) in [6.07, 6.45) is 12.9. The van der Waals surface area contributed by atoms with E-state index in [-0.39, 0.29) is 0 Å². The van der Waals surface area contributed by atoms with Gasteiger partial charge in [-0.1, -0.05) is 24.8 Å². The predicted octanol–water partition coefficient (Wildman–Crippen LogP) is 2.51. The number of allylic oxidation sites excluding steroid dienone is 5. The van der Waals surface area contributed by atoms with Crippen LogP contribution in [-0.4, -0.2) is 12.6 Å². The van der Waals surface area contributed by atoms with Crippen LogP contribution in [0.1, 0.15) is 12.8 Å². The molecule has 62 valence electrons. The Hall–Kier alpha value is -1.44. The quantitative estimate of drug-likeness (QED) is 0.554. The number of nitrogens with zero attached hydrogens (tertiary/aromatic N) is 2. The zero-order valence-corrected chi connectivity index (χ0v) is 6.98. The van der Waals surface area contributed by atoms with Crippen LogP contribution in [0, 0.1) is 0 Å². The predicted molar refractivity (Wildman–Crippen MR) is 53.6 cm³/mol. The third-order valence-corrected chi connectivity index (χ3v) is 1.46. The molecule has 0 spiro atoms. The van der Waals surface area contributed by atoms with E-state index >= 15 is 0 Å². The molecule has 0 aromatic rings. The normalized spacial score (nSPS) is 20.2. The zero-order chi connectivity index (χ0) is 8.65. The molecule has 2 heteroatoms. The minimum Gasteiger partial charge on any atom is -0.249 e. The smallest absolute Gasteiger partial charge is 0.115 e. The summed E-state index contributed by atoms with van der Waals surface area (Å²) in [6.45, 7) is 3.58. The van der Waals surface area contributed by atoms with Crippen molar-refractivity contribution in [3.05, 3.63) is 36.6 Å². The lowest BCUT2D eigenvalue weighted by molar-refractivity contribution is 1.02. The lowest BCUT2D eigenvalue weighted by Gasteiger charge is -1.92. The second kappa shape index (κ2) is 5.24. The summed E-state index contributed by atoms with van der Waals surface area (Å²) in [5.74, 6) is 0. The van der Waals surface area contributed by atoms with Gasteiger partial charge < -0.3 is 0 Å². The van der Waals surface area contributed by atoms with Gasteiger partial charge in [-0.25, -0.2) is 9.98 Å². The van der Waals surface area contributed by atoms with E-state index in [1.165, 1.54) is 0 Å². The summed E-state index contributed by atoms with van der Waals surface area (Å²) in [6, 6.07) is 0. The molecule has 0 aromatic heterocycles. The molecule has 0 atom stereocenters. The molecule has 0 aromatic carbocycles. The molecule has 0 saturated heterocycles. The van der Waals surface area contributed by atoms with Gasteiger partial charge in [-0.2, -0.15) is 0 Å². The van der Waals surface area contributed by atoms with Crippen LogP contribution in [0.15, 0.2) is 46.6 Å². The summed E-state index contributed by atoms with van der Waals surface area (Å²) >= 11 is 0. The fourth-order valence-electron chi connectivity index (χ4n) is 0.878. The highest BCUT2D eigenvalue weighted by Gasteiger charge is 1.93. The van der Waals surface area contributed by atoms with Gasteiger partial charge in [-0.3, -0.25) is 0 Å². The monoisotopic (exact) mass is 160 g/mol. The first-order valence-corrected chi connectivity index (χ1v) is 3.96. The molecule has 0 fully saturated rings. The zero-order valence-electron chi connectivity index (χ0n) is 6.98. The Bertz CT molecular complexity index is 257. The van der Waals surface area contributed by atoms with Crippen molar-refractivity contribution < 1.29 is 0 Å². The average Bonchev–Trinajstić information content (AvgIpc) is 2.33.